The Morgan fingerprint density at radius 3 is 2.84 bits per heavy atom. The number of nitrogens with one attached hydrogen (secondary N) is 1. The average molecular weight is 257 g/mol. The van der Waals surface area contributed by atoms with Crippen molar-refractivity contribution in [1.82, 2.24) is 15.3 Å². The number of nitrogens with zero attached hydrogens (tertiary/aromatic N) is 2. The second kappa shape index (κ2) is 4.99. The van der Waals surface area contributed by atoms with Crippen LogP contribution in [-0.4, -0.2) is 22.6 Å². The summed E-state index contributed by atoms with van der Waals surface area (Å²) in [5.41, 5.74) is 7.78. The van der Waals surface area contributed by atoms with Gasteiger partial charge in [-0.1, -0.05) is 32.0 Å². The monoisotopic (exact) mass is 257 g/mol. The molecule has 3 nitrogen and oxygen atoms in total. The molecule has 0 saturated carbocycles. The summed E-state index contributed by atoms with van der Waals surface area (Å²) < 4.78 is 0. The standard InChI is InChI=1S/C16H23N3/c1-4-14(5-2)19-16-15-12(3)7-6-8-13(15)9-10-18(16)11-17-19/h6-10,14,16-17H,4-5,11H2,1-3H3. The Kier molecular flexibility index (Phi) is 3.33. The Bertz CT molecular complexity index is 491. The first-order valence-corrected chi connectivity index (χ1v) is 7.31. The van der Waals surface area contributed by atoms with E-state index in [2.05, 4.69) is 66.6 Å². The molecule has 1 unspecified atom stereocenters. The van der Waals surface area contributed by atoms with Crippen molar-refractivity contribution >= 4 is 6.08 Å². The van der Waals surface area contributed by atoms with Gasteiger partial charge in [-0.25, -0.2) is 10.4 Å². The van der Waals surface area contributed by atoms with Crippen LogP contribution in [0.3, 0.4) is 0 Å². The number of aryl methyl sites for hydroxylation is 1. The Labute approximate surface area is 115 Å². The molecule has 1 saturated heterocycles. The van der Waals surface area contributed by atoms with E-state index in [4.69, 9.17) is 0 Å². The zero-order valence-electron chi connectivity index (χ0n) is 12.1. The van der Waals surface area contributed by atoms with Gasteiger partial charge in [0.25, 0.3) is 0 Å². The molecule has 19 heavy (non-hydrogen) atoms. The minimum atomic E-state index is 0.353. The van der Waals surface area contributed by atoms with E-state index in [1.807, 2.05) is 0 Å². The van der Waals surface area contributed by atoms with E-state index < -0.39 is 0 Å². The highest BCUT2D eigenvalue weighted by Crippen LogP contribution is 2.38. The van der Waals surface area contributed by atoms with Gasteiger partial charge in [-0.2, -0.15) is 0 Å². The molecule has 2 aliphatic rings. The van der Waals surface area contributed by atoms with Crippen molar-refractivity contribution in [2.75, 3.05) is 6.67 Å². The van der Waals surface area contributed by atoms with Crippen LogP contribution in [0, 0.1) is 6.92 Å². The summed E-state index contributed by atoms with van der Waals surface area (Å²) in [5.74, 6) is 0. The van der Waals surface area contributed by atoms with Gasteiger partial charge in [-0.05, 0) is 37.0 Å². The van der Waals surface area contributed by atoms with Crippen LogP contribution >= 0.6 is 0 Å². The maximum absolute atomic E-state index is 3.58. The maximum atomic E-state index is 3.58. The minimum Gasteiger partial charge on any atom is -0.343 e. The van der Waals surface area contributed by atoms with Crippen LogP contribution in [0.25, 0.3) is 6.08 Å². The molecule has 0 aromatic heterocycles. The van der Waals surface area contributed by atoms with Gasteiger partial charge in [-0.15, -0.1) is 0 Å². The van der Waals surface area contributed by atoms with Crippen molar-refractivity contribution in [1.29, 1.82) is 0 Å². The molecule has 0 aliphatic carbocycles. The molecule has 1 N–H and O–H groups in total. The molecular weight excluding hydrogens is 234 g/mol. The summed E-state index contributed by atoms with van der Waals surface area (Å²) in [7, 11) is 0. The van der Waals surface area contributed by atoms with E-state index in [-0.39, 0.29) is 0 Å². The third-order valence-corrected chi connectivity index (χ3v) is 4.41. The second-order valence-corrected chi connectivity index (χ2v) is 5.48. The molecule has 1 fully saturated rings. The van der Waals surface area contributed by atoms with Gasteiger partial charge >= 0.3 is 0 Å². The van der Waals surface area contributed by atoms with E-state index in [1.54, 1.807) is 0 Å². The number of benzene rings is 1. The van der Waals surface area contributed by atoms with Crippen molar-refractivity contribution in [3.05, 3.63) is 41.1 Å². The average Bonchev–Trinajstić information content (AvgIpc) is 2.85. The topological polar surface area (TPSA) is 18.5 Å². The Morgan fingerprint density at radius 1 is 1.32 bits per heavy atom. The van der Waals surface area contributed by atoms with Crippen molar-refractivity contribution in [3.8, 4) is 0 Å². The normalized spacial score (nSPS) is 21.9. The van der Waals surface area contributed by atoms with E-state index in [0.717, 1.165) is 6.67 Å². The second-order valence-electron chi connectivity index (χ2n) is 5.48. The van der Waals surface area contributed by atoms with Crippen molar-refractivity contribution in [3.63, 3.8) is 0 Å². The third-order valence-electron chi connectivity index (χ3n) is 4.41. The molecule has 0 bridgehead atoms. The van der Waals surface area contributed by atoms with E-state index in [9.17, 15) is 0 Å². The third kappa shape index (κ3) is 1.97. The summed E-state index contributed by atoms with van der Waals surface area (Å²) in [6.45, 7) is 7.68. The quantitative estimate of drug-likeness (QED) is 0.896. The first kappa shape index (κ1) is 12.7. The molecule has 1 atom stereocenters. The lowest BCUT2D eigenvalue weighted by Gasteiger charge is -2.37. The predicted octanol–water partition coefficient (Wildman–Crippen LogP) is 3.25. The fourth-order valence-electron chi connectivity index (χ4n) is 3.32. The zero-order valence-corrected chi connectivity index (χ0v) is 12.1. The van der Waals surface area contributed by atoms with Gasteiger partial charge in [0.15, 0.2) is 0 Å². The molecule has 0 spiro atoms. The Hall–Kier alpha value is -1.32. The van der Waals surface area contributed by atoms with E-state index in [0.29, 0.717) is 12.2 Å². The smallest absolute Gasteiger partial charge is 0.123 e. The zero-order chi connectivity index (χ0) is 13.4. The van der Waals surface area contributed by atoms with Crippen LogP contribution in [0.2, 0.25) is 0 Å². The van der Waals surface area contributed by atoms with Crippen molar-refractivity contribution < 1.29 is 0 Å². The number of hydrogen-bond acceptors (Lipinski definition) is 3. The Morgan fingerprint density at radius 2 is 2.11 bits per heavy atom. The molecule has 3 heteroatoms. The lowest BCUT2D eigenvalue weighted by molar-refractivity contribution is 0.0803. The summed E-state index contributed by atoms with van der Waals surface area (Å²) in [6, 6.07) is 7.19. The molecule has 1 aromatic carbocycles. The largest absolute Gasteiger partial charge is 0.343 e. The highest BCUT2D eigenvalue weighted by Gasteiger charge is 2.37. The Balaban J connectivity index is 2.03. The lowest BCUT2D eigenvalue weighted by Crippen LogP contribution is -2.42. The SMILES string of the molecule is CCC(CC)N1NCN2C=Cc3cccc(C)c3C21. The van der Waals surface area contributed by atoms with Crippen LogP contribution in [0.1, 0.15) is 49.5 Å². The molecule has 0 radical (unpaired) electrons. The van der Waals surface area contributed by atoms with E-state index >= 15 is 0 Å². The van der Waals surface area contributed by atoms with Crippen LogP contribution in [0.4, 0.5) is 0 Å². The van der Waals surface area contributed by atoms with Crippen molar-refractivity contribution in [2.24, 2.45) is 0 Å². The van der Waals surface area contributed by atoms with Gasteiger partial charge in [0.1, 0.15) is 6.17 Å². The summed E-state index contributed by atoms with van der Waals surface area (Å²) in [6.07, 6.45) is 7.17. The molecule has 2 heterocycles. The number of rotatable bonds is 3. The van der Waals surface area contributed by atoms with E-state index in [1.165, 1.54) is 29.5 Å². The fourth-order valence-corrected chi connectivity index (χ4v) is 3.32. The summed E-state index contributed by atoms with van der Waals surface area (Å²) in [5, 5.41) is 2.45. The van der Waals surface area contributed by atoms with Gasteiger partial charge in [-0.3, -0.25) is 0 Å². The first-order chi connectivity index (χ1) is 9.26. The number of hydrazine groups is 1. The predicted molar refractivity (Wildman–Crippen MR) is 79.0 cm³/mol. The maximum Gasteiger partial charge on any atom is 0.123 e. The number of fused-ring (bicyclic) bond motifs is 3. The molecular formula is C16H23N3. The molecule has 1 aromatic rings. The summed E-state index contributed by atoms with van der Waals surface area (Å²) >= 11 is 0. The van der Waals surface area contributed by atoms with Gasteiger partial charge in [0, 0.05) is 17.8 Å². The minimum absolute atomic E-state index is 0.353. The van der Waals surface area contributed by atoms with Crippen LogP contribution in [-0.2, 0) is 0 Å². The molecule has 2 aliphatic heterocycles. The summed E-state index contributed by atoms with van der Waals surface area (Å²) in [4.78, 5) is 2.40. The van der Waals surface area contributed by atoms with Crippen LogP contribution in [0.15, 0.2) is 24.4 Å². The highest BCUT2D eigenvalue weighted by atomic mass is 15.7. The van der Waals surface area contributed by atoms with Crippen LogP contribution in [0.5, 0.6) is 0 Å². The van der Waals surface area contributed by atoms with Crippen LogP contribution < -0.4 is 5.43 Å². The molecule has 0 amide bonds. The van der Waals surface area contributed by atoms with Gasteiger partial charge < -0.3 is 4.90 Å². The molecule has 3 rings (SSSR count). The highest BCUT2D eigenvalue weighted by molar-refractivity contribution is 5.59. The van der Waals surface area contributed by atoms with Gasteiger partial charge in [0.2, 0.25) is 0 Å². The van der Waals surface area contributed by atoms with Crippen molar-refractivity contribution in [2.45, 2.75) is 45.8 Å². The fraction of sp³-hybridized carbons (Fsp3) is 0.500. The number of hydrogen-bond donors (Lipinski definition) is 1. The lowest BCUT2D eigenvalue weighted by atomic mass is 9.95. The molecule has 102 valence electrons. The van der Waals surface area contributed by atoms with Gasteiger partial charge in [0.05, 0.1) is 6.67 Å². The first-order valence-electron chi connectivity index (χ1n) is 7.31.